The number of hydrogen-bond donors (Lipinski definition) is 2. The van der Waals surface area contributed by atoms with E-state index in [2.05, 4.69) is 20.5 Å². The molecule has 0 aliphatic rings. The highest BCUT2D eigenvalue weighted by atomic mass is 35.5. The molecule has 1 aromatic carbocycles. The number of hydrogen-bond acceptors (Lipinski definition) is 4. The lowest BCUT2D eigenvalue weighted by Gasteiger charge is -2.11. The SMILES string of the molecule is CN(C)CCCNC(=O)c1ccc(Nc2c(Cl)cccc2Cl)cn1. The lowest BCUT2D eigenvalue weighted by atomic mass is 10.2. The molecule has 2 aromatic rings. The van der Waals surface area contributed by atoms with E-state index in [0.29, 0.717) is 33.7 Å². The summed E-state index contributed by atoms with van der Waals surface area (Å²) in [4.78, 5) is 18.3. The van der Waals surface area contributed by atoms with Crippen molar-refractivity contribution >= 4 is 40.5 Å². The Labute approximate surface area is 152 Å². The van der Waals surface area contributed by atoms with Crippen molar-refractivity contribution in [3.63, 3.8) is 0 Å². The Hall–Kier alpha value is -1.82. The fourth-order valence-electron chi connectivity index (χ4n) is 2.05. The number of carbonyl (C=O) groups excluding carboxylic acids is 1. The summed E-state index contributed by atoms with van der Waals surface area (Å²) in [5.74, 6) is -0.184. The minimum Gasteiger partial charge on any atom is -0.352 e. The number of carbonyl (C=O) groups is 1. The van der Waals surface area contributed by atoms with Gasteiger partial charge in [-0.25, -0.2) is 4.98 Å². The molecule has 5 nitrogen and oxygen atoms in total. The van der Waals surface area contributed by atoms with Gasteiger partial charge in [0, 0.05) is 6.54 Å². The third-order valence-electron chi connectivity index (χ3n) is 3.30. The molecule has 0 unspecified atom stereocenters. The number of benzene rings is 1. The van der Waals surface area contributed by atoms with Crippen molar-refractivity contribution in [3.05, 3.63) is 52.3 Å². The van der Waals surface area contributed by atoms with E-state index >= 15 is 0 Å². The lowest BCUT2D eigenvalue weighted by Crippen LogP contribution is -2.27. The Morgan fingerprint density at radius 1 is 1.17 bits per heavy atom. The largest absolute Gasteiger partial charge is 0.352 e. The Bertz CT molecular complexity index is 669. The van der Waals surface area contributed by atoms with Crippen LogP contribution in [0, 0.1) is 0 Å². The number of pyridine rings is 1. The molecule has 1 heterocycles. The highest BCUT2D eigenvalue weighted by Crippen LogP contribution is 2.32. The topological polar surface area (TPSA) is 57.3 Å². The number of halogens is 2. The predicted molar refractivity (Wildman–Crippen MR) is 99.5 cm³/mol. The molecule has 24 heavy (non-hydrogen) atoms. The van der Waals surface area contributed by atoms with Crippen LogP contribution in [-0.4, -0.2) is 43.0 Å². The smallest absolute Gasteiger partial charge is 0.269 e. The number of rotatable bonds is 7. The standard InChI is InChI=1S/C17H20Cl2N4O/c1-23(2)10-4-9-20-17(24)15-8-7-12(11-21-15)22-16-13(18)5-3-6-14(16)19/h3,5-8,11,22H,4,9-10H2,1-2H3,(H,20,24). The molecule has 0 saturated carbocycles. The van der Waals surface area contributed by atoms with Crippen LogP contribution in [0.5, 0.6) is 0 Å². The molecule has 2 N–H and O–H groups in total. The first-order valence-corrected chi connectivity index (χ1v) is 8.33. The Balaban J connectivity index is 1.94. The molecule has 0 radical (unpaired) electrons. The van der Waals surface area contributed by atoms with Crippen molar-refractivity contribution < 1.29 is 4.79 Å². The van der Waals surface area contributed by atoms with Crippen LogP contribution in [-0.2, 0) is 0 Å². The van der Waals surface area contributed by atoms with Gasteiger partial charge in [-0.15, -0.1) is 0 Å². The number of nitrogens with one attached hydrogen (secondary N) is 2. The van der Waals surface area contributed by atoms with Gasteiger partial charge in [0.25, 0.3) is 5.91 Å². The molecule has 0 atom stereocenters. The zero-order valence-electron chi connectivity index (χ0n) is 13.6. The van der Waals surface area contributed by atoms with Gasteiger partial charge < -0.3 is 15.5 Å². The second-order valence-electron chi connectivity index (χ2n) is 5.57. The van der Waals surface area contributed by atoms with E-state index in [1.807, 2.05) is 14.1 Å². The van der Waals surface area contributed by atoms with Gasteiger partial charge in [-0.3, -0.25) is 4.79 Å². The van der Waals surface area contributed by atoms with E-state index in [0.717, 1.165) is 13.0 Å². The molecule has 1 aromatic heterocycles. The quantitative estimate of drug-likeness (QED) is 0.731. The Morgan fingerprint density at radius 3 is 2.46 bits per heavy atom. The van der Waals surface area contributed by atoms with E-state index in [1.54, 1.807) is 36.5 Å². The predicted octanol–water partition coefficient (Wildman–Crippen LogP) is 3.81. The number of amides is 1. The van der Waals surface area contributed by atoms with E-state index in [-0.39, 0.29) is 5.91 Å². The van der Waals surface area contributed by atoms with Crippen molar-refractivity contribution in [1.29, 1.82) is 0 Å². The van der Waals surface area contributed by atoms with Crippen LogP contribution in [0.1, 0.15) is 16.9 Å². The zero-order chi connectivity index (χ0) is 17.5. The molecule has 0 fully saturated rings. The summed E-state index contributed by atoms with van der Waals surface area (Å²) in [6.45, 7) is 1.54. The number of aromatic nitrogens is 1. The summed E-state index contributed by atoms with van der Waals surface area (Å²) < 4.78 is 0. The highest BCUT2D eigenvalue weighted by molar-refractivity contribution is 6.39. The molecular weight excluding hydrogens is 347 g/mol. The first-order valence-electron chi connectivity index (χ1n) is 7.57. The van der Waals surface area contributed by atoms with Gasteiger partial charge in [0.2, 0.25) is 0 Å². The minimum atomic E-state index is -0.184. The summed E-state index contributed by atoms with van der Waals surface area (Å²) in [5.41, 5.74) is 1.69. The second-order valence-corrected chi connectivity index (χ2v) is 6.38. The summed E-state index contributed by atoms with van der Waals surface area (Å²) in [6, 6.07) is 8.70. The monoisotopic (exact) mass is 366 g/mol. The van der Waals surface area contributed by atoms with Crippen LogP contribution in [0.3, 0.4) is 0 Å². The summed E-state index contributed by atoms with van der Waals surface area (Å²) in [6.07, 6.45) is 2.47. The molecule has 128 valence electrons. The molecule has 2 rings (SSSR count). The fourth-order valence-corrected chi connectivity index (χ4v) is 2.54. The van der Waals surface area contributed by atoms with Gasteiger partial charge in [-0.1, -0.05) is 29.3 Å². The number of nitrogens with zero attached hydrogens (tertiary/aromatic N) is 2. The third-order valence-corrected chi connectivity index (χ3v) is 3.93. The van der Waals surface area contributed by atoms with Gasteiger partial charge >= 0.3 is 0 Å². The van der Waals surface area contributed by atoms with Gasteiger partial charge in [0.15, 0.2) is 0 Å². The average Bonchev–Trinajstić information content (AvgIpc) is 2.55. The maximum Gasteiger partial charge on any atom is 0.269 e. The molecule has 0 spiro atoms. The van der Waals surface area contributed by atoms with Crippen molar-refractivity contribution in [2.45, 2.75) is 6.42 Å². The number of para-hydroxylation sites is 1. The molecule has 7 heteroatoms. The van der Waals surface area contributed by atoms with Crippen molar-refractivity contribution in [1.82, 2.24) is 15.2 Å². The minimum absolute atomic E-state index is 0.184. The van der Waals surface area contributed by atoms with E-state index in [4.69, 9.17) is 23.2 Å². The average molecular weight is 367 g/mol. The fraction of sp³-hybridized carbons (Fsp3) is 0.294. The second kappa shape index (κ2) is 8.87. The summed E-state index contributed by atoms with van der Waals surface area (Å²) in [5, 5.41) is 7.00. The van der Waals surface area contributed by atoms with Crippen LogP contribution in [0.25, 0.3) is 0 Å². The molecule has 0 bridgehead atoms. The molecule has 0 saturated heterocycles. The van der Waals surface area contributed by atoms with Crippen LogP contribution >= 0.6 is 23.2 Å². The lowest BCUT2D eigenvalue weighted by molar-refractivity contribution is 0.0947. The maximum absolute atomic E-state index is 12.0. The third kappa shape index (κ3) is 5.37. The van der Waals surface area contributed by atoms with Crippen LogP contribution in [0.4, 0.5) is 11.4 Å². The maximum atomic E-state index is 12.0. The van der Waals surface area contributed by atoms with Crippen LogP contribution < -0.4 is 10.6 Å². The van der Waals surface area contributed by atoms with Gasteiger partial charge in [0.05, 0.1) is 27.6 Å². The summed E-state index contributed by atoms with van der Waals surface area (Å²) >= 11 is 12.2. The molecular formula is C17H20Cl2N4O. The summed E-state index contributed by atoms with van der Waals surface area (Å²) in [7, 11) is 4.00. The normalized spacial score (nSPS) is 10.7. The van der Waals surface area contributed by atoms with Crippen molar-refractivity contribution in [2.75, 3.05) is 32.5 Å². The molecule has 1 amide bonds. The first kappa shape index (κ1) is 18.5. The Kier molecular flexibility index (Phi) is 6.85. The van der Waals surface area contributed by atoms with E-state index in [9.17, 15) is 4.79 Å². The highest BCUT2D eigenvalue weighted by Gasteiger charge is 2.09. The van der Waals surface area contributed by atoms with Crippen LogP contribution in [0.15, 0.2) is 36.5 Å². The van der Waals surface area contributed by atoms with Gasteiger partial charge in [0.1, 0.15) is 5.69 Å². The Morgan fingerprint density at radius 2 is 1.88 bits per heavy atom. The molecule has 0 aliphatic carbocycles. The number of anilines is 2. The van der Waals surface area contributed by atoms with E-state index < -0.39 is 0 Å². The first-order chi connectivity index (χ1) is 11.5. The van der Waals surface area contributed by atoms with Crippen LogP contribution in [0.2, 0.25) is 10.0 Å². The van der Waals surface area contributed by atoms with Crippen molar-refractivity contribution in [2.24, 2.45) is 0 Å². The van der Waals surface area contributed by atoms with Gasteiger partial charge in [-0.05, 0) is 51.3 Å². The molecule has 0 aliphatic heterocycles. The zero-order valence-corrected chi connectivity index (χ0v) is 15.2. The van der Waals surface area contributed by atoms with Crippen molar-refractivity contribution in [3.8, 4) is 0 Å². The van der Waals surface area contributed by atoms with Gasteiger partial charge in [-0.2, -0.15) is 0 Å². The van der Waals surface area contributed by atoms with E-state index in [1.165, 1.54) is 0 Å².